The van der Waals surface area contributed by atoms with Crippen LogP contribution in [0.3, 0.4) is 0 Å². The second-order valence-electron chi connectivity index (χ2n) is 6.44. The SMILES string of the molecule is CC(C(=O)Nc1cnn(C(C)(C)C(=O)O)c1)c1cc2ccccc2o1. The molecule has 2 N–H and O–H groups in total. The van der Waals surface area contributed by atoms with E-state index in [0.717, 1.165) is 11.0 Å². The Morgan fingerprint density at radius 3 is 2.72 bits per heavy atom. The number of furan rings is 1. The summed E-state index contributed by atoms with van der Waals surface area (Å²) in [6.07, 6.45) is 2.92. The number of carboxylic acids is 1. The fraction of sp³-hybridized carbons (Fsp3) is 0.278. The van der Waals surface area contributed by atoms with Crippen molar-refractivity contribution in [3.63, 3.8) is 0 Å². The number of aromatic nitrogens is 2. The summed E-state index contributed by atoms with van der Waals surface area (Å²) in [5.74, 6) is -1.20. The van der Waals surface area contributed by atoms with E-state index in [0.29, 0.717) is 11.4 Å². The summed E-state index contributed by atoms with van der Waals surface area (Å²) in [7, 11) is 0. The van der Waals surface area contributed by atoms with Crippen LogP contribution in [0.4, 0.5) is 5.69 Å². The number of hydrogen-bond acceptors (Lipinski definition) is 4. The van der Waals surface area contributed by atoms with Crippen LogP contribution in [0, 0.1) is 0 Å². The minimum atomic E-state index is -1.20. The Kier molecular flexibility index (Phi) is 4.08. The normalized spacial score (nSPS) is 12.9. The quantitative estimate of drug-likeness (QED) is 0.743. The molecule has 0 saturated carbocycles. The highest BCUT2D eigenvalue weighted by Gasteiger charge is 2.30. The lowest BCUT2D eigenvalue weighted by molar-refractivity contribution is -0.146. The Hall–Kier alpha value is -3.09. The lowest BCUT2D eigenvalue weighted by Gasteiger charge is -2.19. The Balaban J connectivity index is 1.76. The number of carboxylic acid groups (broad SMARTS) is 1. The van der Waals surface area contributed by atoms with Crippen LogP contribution in [0.1, 0.15) is 32.4 Å². The van der Waals surface area contributed by atoms with Crippen LogP contribution in [0.2, 0.25) is 0 Å². The van der Waals surface area contributed by atoms with Gasteiger partial charge in [-0.15, -0.1) is 0 Å². The molecule has 130 valence electrons. The maximum absolute atomic E-state index is 12.5. The first kappa shape index (κ1) is 16.8. The second kappa shape index (κ2) is 6.08. The topological polar surface area (TPSA) is 97.4 Å². The van der Waals surface area contributed by atoms with Crippen LogP contribution in [-0.4, -0.2) is 26.8 Å². The Morgan fingerprint density at radius 2 is 2.04 bits per heavy atom. The Bertz CT molecular complexity index is 906. The number of nitrogens with zero attached hydrogens (tertiary/aromatic N) is 2. The van der Waals surface area contributed by atoms with Crippen LogP contribution in [0.15, 0.2) is 47.1 Å². The summed E-state index contributed by atoms with van der Waals surface area (Å²) >= 11 is 0. The molecule has 2 heterocycles. The van der Waals surface area contributed by atoms with Crippen LogP contribution in [0.5, 0.6) is 0 Å². The van der Waals surface area contributed by atoms with Gasteiger partial charge in [-0.2, -0.15) is 5.10 Å². The van der Waals surface area contributed by atoms with Gasteiger partial charge in [0.15, 0.2) is 5.54 Å². The average molecular weight is 341 g/mol. The fourth-order valence-electron chi connectivity index (χ4n) is 2.39. The number of anilines is 1. The maximum Gasteiger partial charge on any atom is 0.331 e. The minimum absolute atomic E-state index is 0.258. The lowest BCUT2D eigenvalue weighted by Crippen LogP contribution is -2.35. The van der Waals surface area contributed by atoms with E-state index < -0.39 is 17.4 Å². The molecule has 0 aliphatic heterocycles. The van der Waals surface area contributed by atoms with E-state index in [1.807, 2.05) is 30.3 Å². The van der Waals surface area contributed by atoms with Crippen molar-refractivity contribution in [1.82, 2.24) is 9.78 Å². The first-order valence-electron chi connectivity index (χ1n) is 7.87. The molecule has 0 radical (unpaired) electrons. The van der Waals surface area contributed by atoms with Crippen LogP contribution in [-0.2, 0) is 15.1 Å². The molecule has 1 atom stereocenters. The third-order valence-electron chi connectivity index (χ3n) is 4.21. The molecule has 1 unspecified atom stereocenters. The molecule has 0 bridgehead atoms. The number of aliphatic carboxylic acids is 1. The highest BCUT2D eigenvalue weighted by atomic mass is 16.4. The molecule has 7 heteroatoms. The molecule has 1 amide bonds. The van der Waals surface area contributed by atoms with E-state index in [9.17, 15) is 14.7 Å². The van der Waals surface area contributed by atoms with Gasteiger partial charge in [-0.1, -0.05) is 18.2 Å². The summed E-state index contributed by atoms with van der Waals surface area (Å²) in [6, 6.07) is 9.40. The van der Waals surface area contributed by atoms with E-state index in [1.165, 1.54) is 30.9 Å². The summed E-state index contributed by atoms with van der Waals surface area (Å²) in [4.78, 5) is 23.7. The van der Waals surface area contributed by atoms with Crippen molar-refractivity contribution < 1.29 is 19.1 Å². The van der Waals surface area contributed by atoms with Crippen LogP contribution < -0.4 is 5.32 Å². The molecule has 3 rings (SSSR count). The molecule has 0 spiro atoms. The van der Waals surface area contributed by atoms with Gasteiger partial charge in [0.1, 0.15) is 11.3 Å². The standard InChI is InChI=1S/C18H19N3O4/c1-11(15-8-12-6-4-5-7-14(12)25-15)16(22)20-13-9-19-21(10-13)18(2,3)17(23)24/h4-11H,1-3H3,(H,20,22)(H,23,24). The van der Waals surface area contributed by atoms with Crippen molar-refractivity contribution in [1.29, 1.82) is 0 Å². The van der Waals surface area contributed by atoms with Crippen molar-refractivity contribution in [2.24, 2.45) is 0 Å². The third kappa shape index (κ3) is 3.13. The number of benzene rings is 1. The first-order valence-corrected chi connectivity index (χ1v) is 7.87. The van der Waals surface area contributed by atoms with E-state index in [-0.39, 0.29) is 5.91 Å². The summed E-state index contributed by atoms with van der Waals surface area (Å²) < 4.78 is 7.02. The predicted octanol–water partition coefficient (Wildman–Crippen LogP) is 3.19. The van der Waals surface area contributed by atoms with Gasteiger partial charge in [0.25, 0.3) is 0 Å². The molecule has 2 aromatic heterocycles. The van der Waals surface area contributed by atoms with E-state index in [4.69, 9.17) is 4.42 Å². The lowest BCUT2D eigenvalue weighted by atomic mass is 10.1. The third-order valence-corrected chi connectivity index (χ3v) is 4.21. The molecular weight excluding hydrogens is 322 g/mol. The zero-order valence-corrected chi connectivity index (χ0v) is 14.2. The van der Waals surface area contributed by atoms with Gasteiger partial charge in [-0.05, 0) is 32.9 Å². The fourth-order valence-corrected chi connectivity index (χ4v) is 2.39. The van der Waals surface area contributed by atoms with Gasteiger partial charge in [0.2, 0.25) is 5.91 Å². The number of para-hydroxylation sites is 1. The van der Waals surface area contributed by atoms with Gasteiger partial charge in [-0.25, -0.2) is 4.79 Å². The first-order chi connectivity index (χ1) is 11.8. The van der Waals surface area contributed by atoms with Gasteiger partial charge in [-0.3, -0.25) is 9.48 Å². The minimum Gasteiger partial charge on any atom is -0.479 e. The summed E-state index contributed by atoms with van der Waals surface area (Å²) in [5.41, 5.74) is -0.0386. The average Bonchev–Trinajstić information content (AvgIpc) is 3.20. The summed E-state index contributed by atoms with van der Waals surface area (Å²) in [5, 5.41) is 16.9. The van der Waals surface area contributed by atoms with Gasteiger partial charge in [0.05, 0.1) is 17.8 Å². The van der Waals surface area contributed by atoms with Crippen molar-refractivity contribution in [3.05, 3.63) is 48.5 Å². The van der Waals surface area contributed by atoms with Crippen molar-refractivity contribution in [2.75, 3.05) is 5.32 Å². The molecule has 0 saturated heterocycles. The smallest absolute Gasteiger partial charge is 0.331 e. The number of hydrogen-bond donors (Lipinski definition) is 2. The molecule has 0 aliphatic carbocycles. The largest absolute Gasteiger partial charge is 0.479 e. The Labute approximate surface area is 144 Å². The Morgan fingerprint density at radius 1 is 1.32 bits per heavy atom. The van der Waals surface area contributed by atoms with Gasteiger partial charge in [0, 0.05) is 11.6 Å². The molecule has 0 aliphatic rings. The van der Waals surface area contributed by atoms with Crippen LogP contribution >= 0.6 is 0 Å². The number of nitrogens with one attached hydrogen (secondary N) is 1. The molecule has 1 aromatic carbocycles. The number of carbonyl (C=O) groups is 2. The number of amides is 1. The van der Waals surface area contributed by atoms with Gasteiger partial charge >= 0.3 is 5.97 Å². The van der Waals surface area contributed by atoms with E-state index in [2.05, 4.69) is 10.4 Å². The zero-order chi connectivity index (χ0) is 18.2. The van der Waals surface area contributed by atoms with Crippen molar-refractivity contribution in [3.8, 4) is 0 Å². The van der Waals surface area contributed by atoms with E-state index >= 15 is 0 Å². The van der Waals surface area contributed by atoms with Gasteiger partial charge < -0.3 is 14.8 Å². The van der Waals surface area contributed by atoms with Crippen molar-refractivity contribution >= 4 is 28.5 Å². The highest BCUT2D eigenvalue weighted by Crippen LogP contribution is 2.26. The molecular formula is C18H19N3O4. The second-order valence-corrected chi connectivity index (χ2v) is 6.44. The van der Waals surface area contributed by atoms with Crippen LogP contribution in [0.25, 0.3) is 11.0 Å². The molecule has 3 aromatic rings. The molecule has 25 heavy (non-hydrogen) atoms. The highest BCUT2D eigenvalue weighted by molar-refractivity contribution is 5.95. The van der Waals surface area contributed by atoms with E-state index in [1.54, 1.807) is 6.92 Å². The summed E-state index contributed by atoms with van der Waals surface area (Å²) in [6.45, 7) is 4.81. The number of rotatable bonds is 5. The monoisotopic (exact) mass is 341 g/mol. The number of carbonyl (C=O) groups excluding carboxylic acids is 1. The zero-order valence-electron chi connectivity index (χ0n) is 14.2. The predicted molar refractivity (Wildman–Crippen MR) is 92.4 cm³/mol. The number of fused-ring (bicyclic) bond motifs is 1. The maximum atomic E-state index is 12.5. The van der Waals surface area contributed by atoms with Crippen molar-refractivity contribution in [2.45, 2.75) is 32.2 Å². The molecule has 0 fully saturated rings. The molecule has 7 nitrogen and oxygen atoms in total.